The first kappa shape index (κ1) is 12.8. The predicted molar refractivity (Wildman–Crippen MR) is 75.9 cm³/mol. The Labute approximate surface area is 118 Å². The van der Waals surface area contributed by atoms with Crippen molar-refractivity contribution < 1.29 is 14.3 Å². The number of hydrogen-bond acceptors (Lipinski definition) is 3. The lowest BCUT2D eigenvalue weighted by atomic mass is 10.2. The first-order valence-corrected chi connectivity index (χ1v) is 6.30. The van der Waals surface area contributed by atoms with Crippen molar-refractivity contribution >= 4 is 34.8 Å². The first-order chi connectivity index (χ1) is 8.70. The molecule has 0 radical (unpaired) electrons. The molecular formula is C14H9IO3. The molecule has 0 atom stereocenters. The van der Waals surface area contributed by atoms with Crippen molar-refractivity contribution in [3.63, 3.8) is 0 Å². The van der Waals surface area contributed by atoms with Crippen molar-refractivity contribution in [2.24, 2.45) is 0 Å². The normalized spacial score (nSPS) is 9.83. The number of aldehydes is 1. The summed E-state index contributed by atoms with van der Waals surface area (Å²) < 4.78 is 6.06. The number of ether oxygens (including phenoxy) is 1. The van der Waals surface area contributed by atoms with Gasteiger partial charge in [0.05, 0.1) is 5.56 Å². The zero-order valence-electron chi connectivity index (χ0n) is 9.30. The van der Waals surface area contributed by atoms with E-state index in [0.717, 1.165) is 9.86 Å². The predicted octanol–water partition coefficient (Wildman–Crippen LogP) is 3.32. The zero-order valence-corrected chi connectivity index (χ0v) is 11.5. The van der Waals surface area contributed by atoms with Crippen LogP contribution in [0.1, 0.15) is 20.7 Å². The van der Waals surface area contributed by atoms with E-state index in [1.54, 1.807) is 36.4 Å². The molecule has 2 rings (SSSR count). The summed E-state index contributed by atoms with van der Waals surface area (Å²) in [4.78, 5) is 22.4. The summed E-state index contributed by atoms with van der Waals surface area (Å²) in [6, 6.07) is 13.6. The fraction of sp³-hybridized carbons (Fsp3) is 0. The van der Waals surface area contributed by atoms with Crippen LogP contribution in [-0.2, 0) is 0 Å². The van der Waals surface area contributed by atoms with Gasteiger partial charge in [0.15, 0.2) is 0 Å². The van der Waals surface area contributed by atoms with E-state index in [0.29, 0.717) is 16.9 Å². The lowest BCUT2D eigenvalue weighted by Crippen LogP contribution is -2.10. The largest absolute Gasteiger partial charge is 0.423 e. The summed E-state index contributed by atoms with van der Waals surface area (Å²) >= 11 is 2.08. The van der Waals surface area contributed by atoms with Gasteiger partial charge in [0.25, 0.3) is 0 Å². The van der Waals surface area contributed by atoms with E-state index in [9.17, 15) is 9.59 Å². The van der Waals surface area contributed by atoms with Crippen LogP contribution in [0, 0.1) is 3.57 Å². The van der Waals surface area contributed by atoms with Gasteiger partial charge < -0.3 is 4.74 Å². The van der Waals surface area contributed by atoms with Crippen LogP contribution in [-0.4, -0.2) is 12.3 Å². The summed E-state index contributed by atoms with van der Waals surface area (Å²) in [6.07, 6.45) is 0.742. The molecular weight excluding hydrogens is 343 g/mol. The molecule has 0 fully saturated rings. The number of carbonyl (C=O) groups excluding carboxylic acids is 2. The third-order valence-electron chi connectivity index (χ3n) is 2.32. The molecule has 18 heavy (non-hydrogen) atoms. The molecule has 2 aromatic carbocycles. The minimum absolute atomic E-state index is 0.404. The second-order valence-electron chi connectivity index (χ2n) is 3.56. The quantitative estimate of drug-likeness (QED) is 0.368. The van der Waals surface area contributed by atoms with Crippen LogP contribution in [0.4, 0.5) is 0 Å². The lowest BCUT2D eigenvalue weighted by Gasteiger charge is -2.05. The SMILES string of the molecule is O=Cc1ccc(OC(=O)c2ccccc2I)cc1. The second kappa shape index (κ2) is 5.77. The van der Waals surface area contributed by atoms with Crippen molar-refractivity contribution in [1.29, 1.82) is 0 Å². The van der Waals surface area contributed by atoms with Gasteiger partial charge in [-0.1, -0.05) is 12.1 Å². The van der Waals surface area contributed by atoms with Crippen LogP contribution in [0.5, 0.6) is 5.75 Å². The third-order valence-corrected chi connectivity index (χ3v) is 3.26. The number of carbonyl (C=O) groups is 2. The van der Waals surface area contributed by atoms with Crippen molar-refractivity contribution in [2.75, 3.05) is 0 Å². The molecule has 0 amide bonds. The van der Waals surface area contributed by atoms with Crippen LogP contribution in [0.15, 0.2) is 48.5 Å². The Hall–Kier alpha value is -1.69. The molecule has 0 bridgehead atoms. The van der Waals surface area contributed by atoms with E-state index in [-0.39, 0.29) is 0 Å². The monoisotopic (exact) mass is 352 g/mol. The van der Waals surface area contributed by atoms with Gasteiger partial charge in [-0.25, -0.2) is 4.79 Å². The van der Waals surface area contributed by atoms with Crippen LogP contribution >= 0.6 is 22.6 Å². The van der Waals surface area contributed by atoms with Gasteiger partial charge in [-0.2, -0.15) is 0 Å². The van der Waals surface area contributed by atoms with E-state index >= 15 is 0 Å². The first-order valence-electron chi connectivity index (χ1n) is 5.22. The Balaban J connectivity index is 2.16. The molecule has 0 aliphatic carbocycles. The van der Waals surface area contributed by atoms with Gasteiger partial charge in [-0.3, -0.25) is 4.79 Å². The Kier molecular flexibility index (Phi) is 4.09. The number of esters is 1. The molecule has 0 aliphatic heterocycles. The Morgan fingerprint density at radius 2 is 1.72 bits per heavy atom. The Morgan fingerprint density at radius 1 is 1.06 bits per heavy atom. The average Bonchev–Trinajstić information content (AvgIpc) is 2.40. The summed E-state index contributed by atoms with van der Waals surface area (Å²) in [5.41, 5.74) is 1.07. The van der Waals surface area contributed by atoms with E-state index in [2.05, 4.69) is 22.6 Å². The molecule has 0 aromatic heterocycles. The zero-order chi connectivity index (χ0) is 13.0. The summed E-state index contributed by atoms with van der Waals surface area (Å²) in [5.74, 6) is 0.0177. The number of hydrogen-bond donors (Lipinski definition) is 0. The third kappa shape index (κ3) is 2.95. The number of benzene rings is 2. The van der Waals surface area contributed by atoms with Crippen molar-refractivity contribution in [3.05, 3.63) is 63.2 Å². The van der Waals surface area contributed by atoms with E-state index in [1.807, 2.05) is 12.1 Å². The molecule has 0 spiro atoms. The van der Waals surface area contributed by atoms with Crippen molar-refractivity contribution in [3.8, 4) is 5.75 Å². The topological polar surface area (TPSA) is 43.4 Å². The molecule has 0 saturated carbocycles. The summed E-state index contributed by atoms with van der Waals surface area (Å²) in [5, 5.41) is 0. The molecule has 4 heteroatoms. The molecule has 90 valence electrons. The van der Waals surface area contributed by atoms with Gasteiger partial charge in [-0.15, -0.1) is 0 Å². The fourth-order valence-corrected chi connectivity index (χ4v) is 2.01. The van der Waals surface area contributed by atoms with E-state index < -0.39 is 5.97 Å². The van der Waals surface area contributed by atoms with Gasteiger partial charge in [0.1, 0.15) is 12.0 Å². The highest BCUT2D eigenvalue weighted by atomic mass is 127. The maximum absolute atomic E-state index is 11.9. The molecule has 2 aromatic rings. The Bertz CT molecular complexity index is 576. The van der Waals surface area contributed by atoms with Crippen LogP contribution in [0.25, 0.3) is 0 Å². The highest BCUT2D eigenvalue weighted by Crippen LogP contribution is 2.16. The van der Waals surface area contributed by atoms with Gasteiger partial charge in [-0.05, 0) is 59.0 Å². The highest BCUT2D eigenvalue weighted by molar-refractivity contribution is 14.1. The van der Waals surface area contributed by atoms with Gasteiger partial charge in [0, 0.05) is 9.13 Å². The lowest BCUT2D eigenvalue weighted by molar-refractivity contribution is 0.0733. The maximum Gasteiger partial charge on any atom is 0.344 e. The average molecular weight is 352 g/mol. The molecule has 0 unspecified atom stereocenters. The minimum atomic E-state index is -0.404. The maximum atomic E-state index is 11.9. The highest BCUT2D eigenvalue weighted by Gasteiger charge is 2.11. The summed E-state index contributed by atoms with van der Waals surface area (Å²) in [7, 11) is 0. The minimum Gasteiger partial charge on any atom is -0.423 e. The molecule has 0 saturated heterocycles. The molecule has 0 heterocycles. The van der Waals surface area contributed by atoms with Crippen LogP contribution < -0.4 is 4.74 Å². The van der Waals surface area contributed by atoms with Crippen LogP contribution in [0.3, 0.4) is 0 Å². The standard InChI is InChI=1S/C14H9IO3/c15-13-4-2-1-3-12(13)14(17)18-11-7-5-10(9-16)6-8-11/h1-9H. The van der Waals surface area contributed by atoms with Gasteiger partial charge >= 0.3 is 5.97 Å². The number of rotatable bonds is 3. The molecule has 0 aliphatic rings. The smallest absolute Gasteiger partial charge is 0.344 e. The van der Waals surface area contributed by atoms with Crippen molar-refractivity contribution in [1.82, 2.24) is 0 Å². The summed E-state index contributed by atoms with van der Waals surface area (Å²) in [6.45, 7) is 0. The Morgan fingerprint density at radius 3 is 2.33 bits per heavy atom. The van der Waals surface area contributed by atoms with Crippen LogP contribution in [0.2, 0.25) is 0 Å². The number of halogens is 1. The second-order valence-corrected chi connectivity index (χ2v) is 4.72. The van der Waals surface area contributed by atoms with Crippen molar-refractivity contribution in [2.45, 2.75) is 0 Å². The van der Waals surface area contributed by atoms with E-state index in [1.165, 1.54) is 0 Å². The van der Waals surface area contributed by atoms with E-state index in [4.69, 9.17) is 4.74 Å². The molecule has 0 N–H and O–H groups in total. The molecule has 3 nitrogen and oxygen atoms in total. The fourth-order valence-electron chi connectivity index (χ4n) is 1.40. The van der Waals surface area contributed by atoms with Gasteiger partial charge in [0.2, 0.25) is 0 Å².